The minimum atomic E-state index is -0.112. The summed E-state index contributed by atoms with van der Waals surface area (Å²) >= 11 is 0. The Hall–Kier alpha value is -2.44. The number of ether oxygens (including phenoxy) is 1. The Morgan fingerprint density at radius 1 is 1.35 bits per heavy atom. The Morgan fingerprint density at radius 2 is 2.05 bits per heavy atom. The molecule has 0 aliphatic carbocycles. The number of aromatic nitrogens is 3. The monoisotopic (exact) mass is 276 g/mol. The summed E-state index contributed by atoms with van der Waals surface area (Å²) in [5.41, 5.74) is 2.34. The number of methoxy groups -OCH3 is 1. The average Bonchev–Trinajstić information content (AvgIpc) is 2.77. The van der Waals surface area contributed by atoms with Crippen LogP contribution in [0.25, 0.3) is 0 Å². The van der Waals surface area contributed by atoms with Crippen molar-refractivity contribution in [1.82, 2.24) is 15.1 Å². The molecule has 1 amide bonds. The van der Waals surface area contributed by atoms with Crippen molar-refractivity contribution in [3.8, 4) is 6.01 Å². The fourth-order valence-corrected chi connectivity index (χ4v) is 1.81. The highest BCUT2D eigenvalue weighted by molar-refractivity contribution is 5.90. The third kappa shape index (κ3) is 3.31. The van der Waals surface area contributed by atoms with E-state index in [0.29, 0.717) is 18.5 Å². The molecular weight excluding hydrogens is 260 g/mol. The summed E-state index contributed by atoms with van der Waals surface area (Å²) in [4.78, 5) is 19.7. The Morgan fingerprint density at radius 3 is 2.60 bits per heavy atom. The van der Waals surface area contributed by atoms with Gasteiger partial charge in [0.25, 0.3) is 0 Å². The van der Waals surface area contributed by atoms with E-state index in [-0.39, 0.29) is 11.9 Å². The van der Waals surface area contributed by atoms with Crippen LogP contribution < -0.4 is 10.1 Å². The number of hydrogen-bond donors (Lipinski definition) is 1. The molecule has 0 saturated carbocycles. The van der Waals surface area contributed by atoms with Gasteiger partial charge in [-0.15, -0.1) is 0 Å². The molecule has 0 saturated heterocycles. The summed E-state index contributed by atoms with van der Waals surface area (Å²) in [5, 5.41) is 6.58. The predicted molar refractivity (Wildman–Crippen MR) is 71.5 cm³/mol. The van der Waals surface area contributed by atoms with E-state index < -0.39 is 0 Å². The maximum atomic E-state index is 11.8. The van der Waals surface area contributed by atoms with Crippen molar-refractivity contribution in [3.63, 3.8) is 0 Å². The quantitative estimate of drug-likeness (QED) is 0.893. The van der Waals surface area contributed by atoms with Gasteiger partial charge >= 0.3 is 6.01 Å². The average molecular weight is 276 g/mol. The highest BCUT2D eigenvalue weighted by atomic mass is 16.5. The molecule has 0 bridgehead atoms. The van der Waals surface area contributed by atoms with Gasteiger partial charge in [0.1, 0.15) is 5.76 Å². The molecule has 0 fully saturated rings. The maximum Gasteiger partial charge on any atom is 0.316 e. The normalized spacial score (nSPS) is 10.3. The summed E-state index contributed by atoms with van der Waals surface area (Å²) < 4.78 is 9.90. The molecule has 2 aromatic rings. The van der Waals surface area contributed by atoms with Crippen LogP contribution in [0.4, 0.5) is 5.69 Å². The van der Waals surface area contributed by atoms with Gasteiger partial charge in [0, 0.05) is 12.0 Å². The lowest BCUT2D eigenvalue weighted by molar-refractivity contribution is -0.116. The van der Waals surface area contributed by atoms with Crippen molar-refractivity contribution < 1.29 is 14.1 Å². The first-order valence-corrected chi connectivity index (χ1v) is 6.17. The minimum Gasteiger partial charge on any atom is -0.467 e. The number of nitrogens with one attached hydrogen (secondary N) is 1. The molecule has 7 nitrogen and oxygen atoms in total. The number of carbonyl (C=O) groups excluding carboxylic acids is 1. The van der Waals surface area contributed by atoms with Crippen LogP contribution in [-0.2, 0) is 11.2 Å². The molecule has 1 N–H and O–H groups in total. The second-order valence-electron chi connectivity index (χ2n) is 4.31. The van der Waals surface area contributed by atoms with Gasteiger partial charge in [0.2, 0.25) is 5.91 Å². The molecule has 0 atom stereocenters. The van der Waals surface area contributed by atoms with E-state index in [9.17, 15) is 4.79 Å². The lowest BCUT2D eigenvalue weighted by Crippen LogP contribution is -2.13. The van der Waals surface area contributed by atoms with E-state index in [1.54, 1.807) is 0 Å². The molecule has 0 radical (unpaired) electrons. The van der Waals surface area contributed by atoms with E-state index >= 15 is 0 Å². The van der Waals surface area contributed by atoms with Crippen molar-refractivity contribution in [2.24, 2.45) is 0 Å². The largest absolute Gasteiger partial charge is 0.467 e. The van der Waals surface area contributed by atoms with Crippen LogP contribution in [0.5, 0.6) is 6.01 Å². The zero-order valence-electron chi connectivity index (χ0n) is 11.6. The van der Waals surface area contributed by atoms with Crippen molar-refractivity contribution in [3.05, 3.63) is 29.4 Å². The Kier molecular flexibility index (Phi) is 4.29. The van der Waals surface area contributed by atoms with Crippen LogP contribution in [-0.4, -0.2) is 28.1 Å². The number of aryl methyl sites for hydroxylation is 2. The number of anilines is 1. The van der Waals surface area contributed by atoms with Gasteiger partial charge in [-0.25, -0.2) is 9.97 Å². The molecule has 2 rings (SSSR count). The molecule has 0 aliphatic heterocycles. The third-order valence-corrected chi connectivity index (χ3v) is 2.88. The first kappa shape index (κ1) is 14.0. The standard InChI is InChI=1S/C13H16N4O3/c1-8-11(9(2)20-17-8)4-5-12(18)16-10-6-14-13(19-3)15-7-10/h6-7H,4-5H2,1-3H3,(H,16,18). The summed E-state index contributed by atoms with van der Waals surface area (Å²) in [6, 6.07) is 0.263. The van der Waals surface area contributed by atoms with Crippen LogP contribution in [0.1, 0.15) is 23.4 Å². The summed E-state index contributed by atoms with van der Waals surface area (Å²) in [7, 11) is 1.48. The van der Waals surface area contributed by atoms with Gasteiger partial charge in [-0.3, -0.25) is 4.79 Å². The molecule has 2 aromatic heterocycles. The van der Waals surface area contributed by atoms with E-state index in [1.165, 1.54) is 19.5 Å². The van der Waals surface area contributed by atoms with E-state index in [2.05, 4.69) is 20.4 Å². The van der Waals surface area contributed by atoms with Gasteiger partial charge in [-0.1, -0.05) is 5.16 Å². The maximum absolute atomic E-state index is 11.8. The second-order valence-corrected chi connectivity index (χ2v) is 4.31. The van der Waals surface area contributed by atoms with Crippen LogP contribution >= 0.6 is 0 Å². The Labute approximate surface area is 116 Å². The van der Waals surface area contributed by atoms with Crippen molar-refractivity contribution in [1.29, 1.82) is 0 Å². The molecular formula is C13H16N4O3. The van der Waals surface area contributed by atoms with Crippen LogP contribution in [0.2, 0.25) is 0 Å². The van der Waals surface area contributed by atoms with Crippen molar-refractivity contribution in [2.45, 2.75) is 26.7 Å². The second kappa shape index (κ2) is 6.14. The highest BCUT2D eigenvalue weighted by Crippen LogP contribution is 2.15. The topological polar surface area (TPSA) is 90.1 Å². The molecule has 2 heterocycles. The molecule has 0 aliphatic rings. The fraction of sp³-hybridized carbons (Fsp3) is 0.385. The minimum absolute atomic E-state index is 0.112. The van der Waals surface area contributed by atoms with Crippen LogP contribution in [0.3, 0.4) is 0 Å². The van der Waals surface area contributed by atoms with Crippen LogP contribution in [0, 0.1) is 13.8 Å². The summed E-state index contributed by atoms with van der Waals surface area (Å²) in [6.45, 7) is 3.70. The van der Waals surface area contributed by atoms with Crippen molar-refractivity contribution >= 4 is 11.6 Å². The Bertz CT molecular complexity index is 573. The lowest BCUT2D eigenvalue weighted by Gasteiger charge is -2.05. The fourth-order valence-electron chi connectivity index (χ4n) is 1.81. The number of rotatable bonds is 5. The molecule has 0 unspecified atom stereocenters. The molecule has 7 heteroatoms. The molecule has 20 heavy (non-hydrogen) atoms. The summed E-state index contributed by atoms with van der Waals surface area (Å²) in [6.07, 6.45) is 3.93. The van der Waals surface area contributed by atoms with Gasteiger partial charge in [0.05, 0.1) is 30.9 Å². The predicted octanol–water partition coefficient (Wildman–Crippen LogP) is 1.66. The smallest absolute Gasteiger partial charge is 0.316 e. The molecule has 106 valence electrons. The summed E-state index contributed by atoms with van der Waals surface area (Å²) in [5.74, 6) is 0.641. The van der Waals surface area contributed by atoms with Gasteiger partial charge in [0.15, 0.2) is 0 Å². The van der Waals surface area contributed by atoms with E-state index in [4.69, 9.17) is 9.26 Å². The first-order chi connectivity index (χ1) is 9.60. The van der Waals surface area contributed by atoms with Crippen molar-refractivity contribution in [2.75, 3.05) is 12.4 Å². The Balaban J connectivity index is 1.89. The van der Waals surface area contributed by atoms with E-state index in [0.717, 1.165) is 17.0 Å². The van der Waals surface area contributed by atoms with E-state index in [1.807, 2.05) is 13.8 Å². The van der Waals surface area contributed by atoms with Crippen LogP contribution in [0.15, 0.2) is 16.9 Å². The zero-order valence-corrected chi connectivity index (χ0v) is 11.6. The molecule has 0 spiro atoms. The van der Waals surface area contributed by atoms with Gasteiger partial charge < -0.3 is 14.6 Å². The number of nitrogens with zero attached hydrogens (tertiary/aromatic N) is 3. The van der Waals surface area contributed by atoms with Gasteiger partial charge in [-0.2, -0.15) is 0 Å². The number of carbonyl (C=O) groups is 1. The first-order valence-electron chi connectivity index (χ1n) is 6.17. The number of hydrogen-bond acceptors (Lipinski definition) is 6. The third-order valence-electron chi connectivity index (χ3n) is 2.88. The number of amides is 1. The zero-order chi connectivity index (χ0) is 14.5. The lowest BCUT2D eigenvalue weighted by atomic mass is 10.1. The SMILES string of the molecule is COc1ncc(NC(=O)CCc2c(C)noc2C)cn1. The molecule has 0 aromatic carbocycles. The van der Waals surface area contributed by atoms with Gasteiger partial charge in [-0.05, 0) is 20.3 Å². The highest BCUT2D eigenvalue weighted by Gasteiger charge is 2.11.